The number of ether oxygens (including phenoxy) is 2. The second kappa shape index (κ2) is 9.22. The van der Waals surface area contributed by atoms with Crippen LogP contribution in [0.15, 0.2) is 53.6 Å². The highest BCUT2D eigenvalue weighted by Gasteiger charge is 2.07. The predicted octanol–water partition coefficient (Wildman–Crippen LogP) is 2.36. The van der Waals surface area contributed by atoms with E-state index in [1.54, 1.807) is 50.2 Å². The molecule has 7 nitrogen and oxygen atoms in total. The molecule has 26 heavy (non-hydrogen) atoms. The van der Waals surface area contributed by atoms with Gasteiger partial charge in [-0.15, -0.1) is 0 Å². The summed E-state index contributed by atoms with van der Waals surface area (Å²) in [6, 6.07) is 13.6. The van der Waals surface area contributed by atoms with Gasteiger partial charge < -0.3 is 15.2 Å². The van der Waals surface area contributed by atoms with E-state index in [0.29, 0.717) is 29.3 Å². The van der Waals surface area contributed by atoms with Gasteiger partial charge in [-0.2, -0.15) is 5.10 Å². The number of amides is 1. The number of nitrogens with zero attached hydrogens (tertiary/aromatic N) is 1. The smallest absolute Gasteiger partial charge is 0.338 e. The van der Waals surface area contributed by atoms with Crippen molar-refractivity contribution in [3.05, 3.63) is 59.7 Å². The van der Waals surface area contributed by atoms with Crippen LogP contribution < -0.4 is 15.9 Å². The molecule has 0 radical (unpaired) electrons. The monoisotopic (exact) mass is 355 g/mol. The number of carbonyl (C=O) groups excluding carboxylic acids is 2. The molecule has 3 N–H and O–H groups in total. The highest BCUT2D eigenvalue weighted by molar-refractivity contribution is 5.99. The first-order valence-electron chi connectivity index (χ1n) is 8.08. The highest BCUT2D eigenvalue weighted by Crippen LogP contribution is 2.13. The molecule has 0 aliphatic heterocycles. The zero-order chi connectivity index (χ0) is 18.9. The molecule has 0 spiro atoms. The van der Waals surface area contributed by atoms with E-state index in [2.05, 4.69) is 10.5 Å². The third kappa shape index (κ3) is 5.62. The molecule has 0 heterocycles. The minimum absolute atomic E-state index is 0.202. The maximum atomic E-state index is 11.8. The first-order valence-corrected chi connectivity index (χ1v) is 8.08. The number of esters is 1. The highest BCUT2D eigenvalue weighted by atomic mass is 16.5. The van der Waals surface area contributed by atoms with Crippen molar-refractivity contribution in [1.82, 2.24) is 5.43 Å². The molecule has 0 atom stereocenters. The number of nitrogens with two attached hydrogens (primary N) is 1. The van der Waals surface area contributed by atoms with E-state index in [0.717, 1.165) is 5.56 Å². The van der Waals surface area contributed by atoms with E-state index in [1.807, 2.05) is 12.1 Å². The van der Waals surface area contributed by atoms with Crippen LogP contribution in [0.1, 0.15) is 29.8 Å². The van der Waals surface area contributed by atoms with E-state index in [1.165, 1.54) is 0 Å². The van der Waals surface area contributed by atoms with Gasteiger partial charge in [0.25, 0.3) is 5.91 Å². The molecule has 2 rings (SSSR count). The van der Waals surface area contributed by atoms with Crippen LogP contribution in [0, 0.1) is 0 Å². The largest absolute Gasteiger partial charge is 0.484 e. The Bertz CT molecular complexity index is 801. The minimum atomic E-state index is -0.400. The van der Waals surface area contributed by atoms with Gasteiger partial charge in [0.15, 0.2) is 6.61 Å². The van der Waals surface area contributed by atoms with Gasteiger partial charge in [-0.1, -0.05) is 12.1 Å². The summed E-state index contributed by atoms with van der Waals surface area (Å²) in [6.07, 6.45) is 0. The topological polar surface area (TPSA) is 103 Å². The van der Waals surface area contributed by atoms with Crippen molar-refractivity contribution in [2.75, 3.05) is 18.9 Å². The number of nitrogen functional groups attached to an aromatic ring is 1. The zero-order valence-electron chi connectivity index (χ0n) is 14.7. The molecule has 0 unspecified atom stereocenters. The van der Waals surface area contributed by atoms with Crippen molar-refractivity contribution in [3.8, 4) is 5.75 Å². The number of hydrogen-bond acceptors (Lipinski definition) is 6. The van der Waals surface area contributed by atoms with E-state index in [9.17, 15) is 9.59 Å². The molecule has 1 amide bonds. The minimum Gasteiger partial charge on any atom is -0.484 e. The Morgan fingerprint density at radius 1 is 1.12 bits per heavy atom. The standard InChI is InChI=1S/C19H21N3O4/c1-3-25-19(24)14-7-9-17(10-8-14)26-12-18(23)22-21-13(2)15-5-4-6-16(20)11-15/h4-11H,3,12,20H2,1-2H3,(H,22,23). The van der Waals surface area contributed by atoms with Crippen LogP contribution in [-0.4, -0.2) is 30.8 Å². The van der Waals surface area contributed by atoms with E-state index in [-0.39, 0.29) is 6.61 Å². The molecule has 2 aromatic carbocycles. The Hall–Kier alpha value is -3.35. The summed E-state index contributed by atoms with van der Waals surface area (Å²) in [4.78, 5) is 23.4. The number of rotatable bonds is 7. The van der Waals surface area contributed by atoms with Crippen molar-refractivity contribution < 1.29 is 19.1 Å². The first kappa shape index (κ1) is 19.0. The van der Waals surface area contributed by atoms with Gasteiger partial charge in [-0.25, -0.2) is 10.2 Å². The maximum Gasteiger partial charge on any atom is 0.338 e. The lowest BCUT2D eigenvalue weighted by Crippen LogP contribution is -2.25. The molecule has 0 saturated heterocycles. The second-order valence-corrected chi connectivity index (χ2v) is 5.39. The van der Waals surface area contributed by atoms with Crippen LogP contribution in [-0.2, 0) is 9.53 Å². The van der Waals surface area contributed by atoms with E-state index >= 15 is 0 Å². The molecule has 0 aliphatic carbocycles. The average molecular weight is 355 g/mol. The Morgan fingerprint density at radius 3 is 2.50 bits per heavy atom. The Morgan fingerprint density at radius 2 is 1.85 bits per heavy atom. The lowest BCUT2D eigenvalue weighted by Gasteiger charge is -2.07. The van der Waals surface area contributed by atoms with Crippen LogP contribution in [0.2, 0.25) is 0 Å². The van der Waals surface area contributed by atoms with Gasteiger partial charge in [-0.05, 0) is 55.8 Å². The summed E-state index contributed by atoms with van der Waals surface area (Å²) in [6.45, 7) is 3.62. The van der Waals surface area contributed by atoms with Crippen LogP contribution in [0.3, 0.4) is 0 Å². The summed E-state index contributed by atoms with van der Waals surface area (Å²) >= 11 is 0. The van der Waals surface area contributed by atoms with E-state index in [4.69, 9.17) is 15.2 Å². The Kier molecular flexibility index (Phi) is 6.73. The Labute approximate surface area is 151 Å². The van der Waals surface area contributed by atoms with Crippen molar-refractivity contribution in [1.29, 1.82) is 0 Å². The molecular weight excluding hydrogens is 334 g/mol. The van der Waals surface area contributed by atoms with Gasteiger partial charge >= 0.3 is 5.97 Å². The van der Waals surface area contributed by atoms with Crippen molar-refractivity contribution in [3.63, 3.8) is 0 Å². The lowest BCUT2D eigenvalue weighted by molar-refractivity contribution is -0.123. The summed E-state index contributed by atoms with van der Waals surface area (Å²) < 4.78 is 10.3. The number of carbonyl (C=O) groups is 2. The number of hydrogen-bond donors (Lipinski definition) is 2. The quantitative estimate of drug-likeness (QED) is 0.343. The first-order chi connectivity index (χ1) is 12.5. The van der Waals surface area contributed by atoms with Gasteiger partial charge in [0.1, 0.15) is 5.75 Å². The fourth-order valence-electron chi connectivity index (χ4n) is 2.06. The molecular formula is C19H21N3O4. The lowest BCUT2D eigenvalue weighted by atomic mass is 10.1. The van der Waals surface area contributed by atoms with Gasteiger partial charge in [0, 0.05) is 5.69 Å². The van der Waals surface area contributed by atoms with Crippen molar-refractivity contribution >= 4 is 23.3 Å². The number of nitrogens with one attached hydrogen (secondary N) is 1. The molecule has 0 aliphatic rings. The number of benzene rings is 2. The number of hydrazone groups is 1. The zero-order valence-corrected chi connectivity index (χ0v) is 14.7. The molecule has 0 saturated carbocycles. The van der Waals surface area contributed by atoms with Crippen LogP contribution in [0.25, 0.3) is 0 Å². The molecule has 0 aromatic heterocycles. The molecule has 136 valence electrons. The maximum absolute atomic E-state index is 11.8. The van der Waals surface area contributed by atoms with Crippen LogP contribution in [0.4, 0.5) is 5.69 Å². The predicted molar refractivity (Wildman–Crippen MR) is 99.1 cm³/mol. The van der Waals surface area contributed by atoms with Crippen molar-refractivity contribution in [2.24, 2.45) is 5.10 Å². The summed E-state index contributed by atoms with van der Waals surface area (Å²) in [5, 5.41) is 4.03. The van der Waals surface area contributed by atoms with Gasteiger partial charge in [0.2, 0.25) is 0 Å². The van der Waals surface area contributed by atoms with Gasteiger partial charge in [-0.3, -0.25) is 4.79 Å². The van der Waals surface area contributed by atoms with Gasteiger partial charge in [0.05, 0.1) is 17.9 Å². The second-order valence-electron chi connectivity index (χ2n) is 5.39. The third-order valence-electron chi connectivity index (χ3n) is 3.39. The molecule has 2 aromatic rings. The van der Waals surface area contributed by atoms with Crippen molar-refractivity contribution in [2.45, 2.75) is 13.8 Å². The number of anilines is 1. The summed E-state index contributed by atoms with van der Waals surface area (Å²) in [7, 11) is 0. The molecule has 0 bridgehead atoms. The molecule has 0 fully saturated rings. The molecule has 7 heteroatoms. The SMILES string of the molecule is CCOC(=O)c1ccc(OCC(=O)NN=C(C)c2cccc(N)c2)cc1. The third-order valence-corrected chi connectivity index (χ3v) is 3.39. The Balaban J connectivity index is 1.85. The fraction of sp³-hybridized carbons (Fsp3) is 0.211. The van der Waals surface area contributed by atoms with Crippen LogP contribution in [0.5, 0.6) is 5.75 Å². The fourth-order valence-corrected chi connectivity index (χ4v) is 2.06. The van der Waals surface area contributed by atoms with Crippen LogP contribution >= 0.6 is 0 Å². The summed E-state index contributed by atoms with van der Waals surface area (Å²) in [5.74, 6) is -0.337. The average Bonchev–Trinajstić information content (AvgIpc) is 2.65. The van der Waals surface area contributed by atoms with E-state index < -0.39 is 11.9 Å². The normalized spacial score (nSPS) is 10.9. The summed E-state index contributed by atoms with van der Waals surface area (Å²) in [5.41, 5.74) is 10.6.